The van der Waals surface area contributed by atoms with Crippen molar-refractivity contribution < 1.29 is 9.47 Å². The average molecular weight is 433 g/mol. The molecule has 0 spiro atoms. The number of aliphatic imine (C=N–C) groups is 1. The van der Waals surface area contributed by atoms with Crippen molar-refractivity contribution in [2.45, 2.75) is 26.4 Å². The number of nitrogens with zero attached hydrogens (tertiary/aromatic N) is 5. The summed E-state index contributed by atoms with van der Waals surface area (Å²) in [6.07, 6.45) is 1.82. The Labute approximate surface area is 183 Å². The smallest absolute Gasteiger partial charge is 0.205 e. The molecule has 1 saturated heterocycles. The number of hydrogen-bond acceptors (Lipinski definition) is 7. The van der Waals surface area contributed by atoms with Crippen molar-refractivity contribution in [2.24, 2.45) is 4.99 Å². The van der Waals surface area contributed by atoms with Crippen LogP contribution < -0.4 is 15.0 Å². The van der Waals surface area contributed by atoms with Gasteiger partial charge in [0.1, 0.15) is 11.6 Å². The molecular formula is C21H32N6O2S. The van der Waals surface area contributed by atoms with Crippen molar-refractivity contribution in [1.29, 1.82) is 0 Å². The summed E-state index contributed by atoms with van der Waals surface area (Å²) in [4.78, 5) is 13.7. The number of benzene rings is 1. The first-order valence-electron chi connectivity index (χ1n) is 10.5. The van der Waals surface area contributed by atoms with E-state index in [-0.39, 0.29) is 0 Å². The van der Waals surface area contributed by atoms with Gasteiger partial charge in [0.05, 0.1) is 13.7 Å². The molecular weight excluding hydrogens is 400 g/mol. The first-order valence-corrected chi connectivity index (χ1v) is 11.2. The lowest BCUT2D eigenvalue weighted by Crippen LogP contribution is -2.52. The monoisotopic (exact) mass is 432 g/mol. The summed E-state index contributed by atoms with van der Waals surface area (Å²) in [7, 11) is 3.51. The second-order valence-electron chi connectivity index (χ2n) is 7.05. The number of nitrogens with one attached hydrogen (secondary N) is 1. The van der Waals surface area contributed by atoms with E-state index in [1.165, 1.54) is 11.5 Å². The van der Waals surface area contributed by atoms with Crippen molar-refractivity contribution in [3.05, 3.63) is 35.7 Å². The lowest BCUT2D eigenvalue weighted by molar-refractivity contribution is 0.119. The van der Waals surface area contributed by atoms with Gasteiger partial charge in [0.2, 0.25) is 5.13 Å². The molecule has 9 heteroatoms. The Bertz CT molecular complexity index is 787. The quantitative estimate of drug-likeness (QED) is 0.370. The van der Waals surface area contributed by atoms with Crippen molar-refractivity contribution >= 4 is 22.6 Å². The average Bonchev–Trinajstić information content (AvgIpc) is 3.29. The standard InChI is InChI=1S/C21H32N6O2S/c1-4-19-24-21(30-25-19)27-13-11-26(12-14-27)20(22-2)23-10-5-15-29-16-17-6-8-18(28-3)9-7-17/h6-9H,4-5,10-16H2,1-3H3,(H,22,23). The highest BCUT2D eigenvalue weighted by Crippen LogP contribution is 2.19. The first-order chi connectivity index (χ1) is 14.7. The van der Waals surface area contributed by atoms with Gasteiger partial charge in [-0.2, -0.15) is 4.37 Å². The molecule has 1 aromatic carbocycles. The summed E-state index contributed by atoms with van der Waals surface area (Å²) < 4.78 is 15.3. The zero-order chi connectivity index (χ0) is 21.2. The minimum absolute atomic E-state index is 0.617. The lowest BCUT2D eigenvalue weighted by atomic mass is 10.2. The molecule has 0 bridgehead atoms. The molecule has 0 amide bonds. The molecule has 0 aliphatic carbocycles. The van der Waals surface area contributed by atoms with Gasteiger partial charge in [-0.05, 0) is 24.1 Å². The molecule has 164 valence electrons. The summed E-state index contributed by atoms with van der Waals surface area (Å²) in [5, 5.41) is 4.49. The highest BCUT2D eigenvalue weighted by atomic mass is 32.1. The number of aryl methyl sites for hydroxylation is 1. The molecule has 1 aromatic heterocycles. The minimum atomic E-state index is 0.617. The van der Waals surface area contributed by atoms with Crippen LogP contribution in [0, 0.1) is 0 Å². The molecule has 2 heterocycles. The molecule has 30 heavy (non-hydrogen) atoms. The number of methoxy groups -OCH3 is 1. The van der Waals surface area contributed by atoms with Crippen LogP contribution in [-0.4, -0.2) is 73.7 Å². The second kappa shape index (κ2) is 11.7. The SMILES string of the molecule is CCc1nsc(N2CCN(C(=NC)NCCCOCc3ccc(OC)cc3)CC2)n1. The Hall–Kier alpha value is -2.39. The Balaban J connectivity index is 1.32. The summed E-state index contributed by atoms with van der Waals surface area (Å²) in [5.41, 5.74) is 1.15. The molecule has 0 atom stereocenters. The van der Waals surface area contributed by atoms with E-state index in [1.54, 1.807) is 7.11 Å². The van der Waals surface area contributed by atoms with E-state index in [0.717, 1.165) is 73.8 Å². The zero-order valence-corrected chi connectivity index (χ0v) is 19.0. The van der Waals surface area contributed by atoms with E-state index in [1.807, 2.05) is 31.3 Å². The van der Waals surface area contributed by atoms with E-state index in [4.69, 9.17) is 9.47 Å². The van der Waals surface area contributed by atoms with Gasteiger partial charge in [0.25, 0.3) is 0 Å². The molecule has 1 N–H and O–H groups in total. The van der Waals surface area contributed by atoms with Gasteiger partial charge >= 0.3 is 0 Å². The number of aromatic nitrogens is 2. The van der Waals surface area contributed by atoms with Crippen LogP contribution in [0.4, 0.5) is 5.13 Å². The van der Waals surface area contributed by atoms with Crippen LogP contribution in [0.1, 0.15) is 24.7 Å². The van der Waals surface area contributed by atoms with Gasteiger partial charge in [-0.3, -0.25) is 4.99 Å². The maximum Gasteiger partial charge on any atom is 0.205 e. The number of piperazine rings is 1. The Morgan fingerprint density at radius 2 is 1.97 bits per heavy atom. The first kappa shape index (κ1) is 22.3. The number of guanidine groups is 1. The fourth-order valence-corrected chi connectivity index (χ4v) is 4.05. The van der Waals surface area contributed by atoms with E-state index in [0.29, 0.717) is 13.2 Å². The zero-order valence-electron chi connectivity index (χ0n) is 18.1. The molecule has 2 aromatic rings. The van der Waals surface area contributed by atoms with E-state index >= 15 is 0 Å². The maximum absolute atomic E-state index is 5.78. The maximum atomic E-state index is 5.78. The van der Waals surface area contributed by atoms with Gasteiger partial charge in [-0.15, -0.1) is 0 Å². The lowest BCUT2D eigenvalue weighted by Gasteiger charge is -2.36. The summed E-state index contributed by atoms with van der Waals surface area (Å²) in [6.45, 7) is 7.97. The predicted molar refractivity (Wildman–Crippen MR) is 122 cm³/mol. The third kappa shape index (κ3) is 6.30. The van der Waals surface area contributed by atoms with Crippen LogP contribution in [0.3, 0.4) is 0 Å². The Morgan fingerprint density at radius 1 is 1.20 bits per heavy atom. The van der Waals surface area contributed by atoms with Crippen molar-refractivity contribution in [1.82, 2.24) is 19.6 Å². The van der Waals surface area contributed by atoms with Crippen LogP contribution in [0.25, 0.3) is 0 Å². The summed E-state index contributed by atoms with van der Waals surface area (Å²) >= 11 is 1.50. The van der Waals surface area contributed by atoms with Crippen LogP contribution in [0.15, 0.2) is 29.3 Å². The molecule has 1 aliphatic rings. The second-order valence-corrected chi connectivity index (χ2v) is 7.78. The number of hydrogen-bond donors (Lipinski definition) is 1. The molecule has 1 fully saturated rings. The normalized spacial score (nSPS) is 14.8. The number of rotatable bonds is 9. The molecule has 0 saturated carbocycles. The number of anilines is 1. The van der Waals surface area contributed by atoms with Crippen LogP contribution in [0.2, 0.25) is 0 Å². The molecule has 0 radical (unpaired) electrons. The van der Waals surface area contributed by atoms with E-state index in [9.17, 15) is 0 Å². The van der Waals surface area contributed by atoms with Crippen molar-refractivity contribution in [2.75, 3.05) is 58.4 Å². The predicted octanol–water partition coefficient (Wildman–Crippen LogP) is 2.41. The number of ether oxygens (including phenoxy) is 2. The molecule has 0 unspecified atom stereocenters. The fourth-order valence-electron chi connectivity index (χ4n) is 3.24. The van der Waals surface area contributed by atoms with Crippen LogP contribution in [-0.2, 0) is 17.8 Å². The minimum Gasteiger partial charge on any atom is -0.497 e. The van der Waals surface area contributed by atoms with E-state index in [2.05, 4.69) is 36.4 Å². The highest BCUT2D eigenvalue weighted by molar-refractivity contribution is 7.09. The largest absolute Gasteiger partial charge is 0.497 e. The van der Waals surface area contributed by atoms with Gasteiger partial charge < -0.3 is 24.6 Å². The topological polar surface area (TPSA) is 75.1 Å². The Morgan fingerprint density at radius 3 is 2.60 bits per heavy atom. The van der Waals surface area contributed by atoms with Crippen molar-refractivity contribution in [3.63, 3.8) is 0 Å². The Kier molecular flexibility index (Phi) is 8.70. The summed E-state index contributed by atoms with van der Waals surface area (Å²) in [5.74, 6) is 2.75. The van der Waals surface area contributed by atoms with Crippen LogP contribution in [0.5, 0.6) is 5.75 Å². The van der Waals surface area contributed by atoms with E-state index < -0.39 is 0 Å². The van der Waals surface area contributed by atoms with Crippen molar-refractivity contribution in [3.8, 4) is 5.75 Å². The van der Waals surface area contributed by atoms with Gasteiger partial charge in [-0.25, -0.2) is 4.98 Å². The molecule has 1 aliphatic heterocycles. The van der Waals surface area contributed by atoms with Gasteiger partial charge in [0, 0.05) is 64.3 Å². The molecule has 3 rings (SSSR count). The third-order valence-electron chi connectivity index (χ3n) is 5.01. The van der Waals surface area contributed by atoms with Gasteiger partial charge in [-0.1, -0.05) is 19.1 Å². The highest BCUT2D eigenvalue weighted by Gasteiger charge is 2.21. The summed E-state index contributed by atoms with van der Waals surface area (Å²) in [6, 6.07) is 7.97. The fraction of sp³-hybridized carbons (Fsp3) is 0.571. The third-order valence-corrected chi connectivity index (χ3v) is 5.83. The van der Waals surface area contributed by atoms with Gasteiger partial charge in [0.15, 0.2) is 5.96 Å². The van der Waals surface area contributed by atoms with Crippen LogP contribution >= 0.6 is 11.5 Å². The molecule has 8 nitrogen and oxygen atoms in total.